The van der Waals surface area contributed by atoms with Crippen molar-refractivity contribution in [1.82, 2.24) is 0 Å². The Bertz CT molecular complexity index is 671. The number of nitrogens with zero attached hydrogens (tertiary/aromatic N) is 1. The van der Waals surface area contributed by atoms with Crippen molar-refractivity contribution in [2.45, 2.75) is 6.92 Å². The van der Waals surface area contributed by atoms with E-state index in [0.29, 0.717) is 11.4 Å². The number of nitrogens with one attached hydrogen (secondary N) is 1. The molecule has 0 saturated carbocycles. The number of hydrogen-bond acceptors (Lipinski definition) is 2. The first-order valence-electron chi connectivity index (χ1n) is 6.39. The minimum Gasteiger partial charge on any atom is -0.318 e. The first-order valence-corrected chi connectivity index (χ1v) is 7.18. The van der Waals surface area contributed by atoms with Crippen molar-refractivity contribution in [3.63, 3.8) is 0 Å². The maximum absolute atomic E-state index is 12.1. The first kappa shape index (κ1) is 15.3. The highest BCUT2D eigenvalue weighted by Gasteiger charge is 2.20. The van der Waals surface area contributed by atoms with E-state index in [4.69, 9.17) is 0 Å². The van der Waals surface area contributed by atoms with E-state index in [0.717, 1.165) is 10.0 Å². The molecule has 0 spiro atoms. The van der Waals surface area contributed by atoms with Gasteiger partial charge in [0.2, 0.25) is 0 Å². The Hall–Kier alpha value is -2.14. The van der Waals surface area contributed by atoms with Crippen LogP contribution in [0.25, 0.3) is 0 Å². The highest BCUT2D eigenvalue weighted by atomic mass is 79.9. The smallest absolute Gasteiger partial charge is 0.316 e. The predicted octanol–water partition coefficient (Wildman–Crippen LogP) is 3.36. The minimum atomic E-state index is -0.669. The number of amides is 2. The Balaban J connectivity index is 2.09. The minimum absolute atomic E-state index is 0.576. The van der Waals surface area contributed by atoms with Gasteiger partial charge >= 0.3 is 11.8 Å². The zero-order valence-corrected chi connectivity index (χ0v) is 13.3. The molecular formula is C16H15BrN2O2. The molecule has 0 atom stereocenters. The van der Waals surface area contributed by atoms with E-state index in [-0.39, 0.29) is 0 Å². The second-order valence-corrected chi connectivity index (χ2v) is 5.47. The second-order valence-electron chi connectivity index (χ2n) is 4.62. The molecule has 0 aliphatic rings. The highest BCUT2D eigenvalue weighted by Crippen LogP contribution is 2.20. The number of benzene rings is 2. The van der Waals surface area contributed by atoms with E-state index in [9.17, 15) is 9.59 Å². The van der Waals surface area contributed by atoms with Crippen LogP contribution in [0.3, 0.4) is 0 Å². The maximum Gasteiger partial charge on any atom is 0.316 e. The van der Waals surface area contributed by atoms with Gasteiger partial charge in [0.25, 0.3) is 0 Å². The zero-order chi connectivity index (χ0) is 15.4. The number of halogens is 1. The predicted molar refractivity (Wildman–Crippen MR) is 87.4 cm³/mol. The van der Waals surface area contributed by atoms with Gasteiger partial charge in [0, 0.05) is 22.9 Å². The van der Waals surface area contributed by atoms with Gasteiger partial charge in [-0.1, -0.05) is 40.2 Å². The molecule has 2 rings (SSSR count). The number of carbonyl (C=O) groups excluding carboxylic acids is 2. The van der Waals surface area contributed by atoms with Gasteiger partial charge in [0.1, 0.15) is 0 Å². The highest BCUT2D eigenvalue weighted by molar-refractivity contribution is 9.10. The molecule has 108 valence electrons. The van der Waals surface area contributed by atoms with E-state index in [1.54, 1.807) is 31.3 Å². The summed E-state index contributed by atoms with van der Waals surface area (Å²) in [6.45, 7) is 1.95. The third-order valence-corrected chi connectivity index (χ3v) is 3.93. The molecule has 21 heavy (non-hydrogen) atoms. The molecular weight excluding hydrogens is 332 g/mol. The molecule has 4 nitrogen and oxygen atoms in total. The topological polar surface area (TPSA) is 49.4 Å². The average molecular weight is 347 g/mol. The third-order valence-electron chi connectivity index (χ3n) is 3.07. The van der Waals surface area contributed by atoms with Crippen molar-refractivity contribution in [3.05, 3.63) is 58.6 Å². The molecule has 0 aromatic heterocycles. The Morgan fingerprint density at radius 3 is 2.38 bits per heavy atom. The number of anilines is 2. The summed E-state index contributed by atoms with van der Waals surface area (Å²) in [5.74, 6) is -1.28. The van der Waals surface area contributed by atoms with E-state index >= 15 is 0 Å². The van der Waals surface area contributed by atoms with Crippen LogP contribution in [0, 0.1) is 6.92 Å². The van der Waals surface area contributed by atoms with Crippen molar-refractivity contribution >= 4 is 39.1 Å². The molecule has 1 N–H and O–H groups in total. The van der Waals surface area contributed by atoms with Gasteiger partial charge in [-0.2, -0.15) is 0 Å². The number of aryl methyl sites for hydroxylation is 1. The molecule has 0 saturated heterocycles. The molecule has 0 aliphatic heterocycles. The van der Waals surface area contributed by atoms with Crippen LogP contribution in [0.5, 0.6) is 0 Å². The van der Waals surface area contributed by atoms with Crippen LogP contribution in [0.1, 0.15) is 5.56 Å². The molecule has 2 amide bonds. The molecule has 0 radical (unpaired) electrons. The van der Waals surface area contributed by atoms with Crippen LogP contribution < -0.4 is 10.2 Å². The van der Waals surface area contributed by atoms with E-state index < -0.39 is 11.8 Å². The third kappa shape index (κ3) is 3.70. The Morgan fingerprint density at radius 2 is 1.76 bits per heavy atom. The summed E-state index contributed by atoms with van der Waals surface area (Å²) in [6, 6.07) is 14.4. The van der Waals surface area contributed by atoms with Gasteiger partial charge in [-0.25, -0.2) is 0 Å². The SMILES string of the molecule is Cc1ccc(NC(=O)C(=O)N(C)c2ccccc2)cc1Br. The van der Waals surface area contributed by atoms with Gasteiger partial charge < -0.3 is 10.2 Å². The summed E-state index contributed by atoms with van der Waals surface area (Å²) < 4.78 is 0.879. The molecule has 0 heterocycles. The molecule has 0 bridgehead atoms. The largest absolute Gasteiger partial charge is 0.318 e. The number of carbonyl (C=O) groups is 2. The number of hydrogen-bond donors (Lipinski definition) is 1. The van der Waals surface area contributed by atoms with Crippen molar-refractivity contribution in [2.75, 3.05) is 17.3 Å². The normalized spacial score (nSPS) is 10.0. The standard InChI is InChI=1S/C16H15BrN2O2/c1-11-8-9-12(10-14(11)17)18-15(20)16(21)19(2)13-6-4-3-5-7-13/h3-10H,1-2H3,(H,18,20). The number of para-hydroxylation sites is 1. The lowest BCUT2D eigenvalue weighted by Crippen LogP contribution is -2.37. The number of rotatable bonds is 2. The zero-order valence-electron chi connectivity index (χ0n) is 11.8. The van der Waals surface area contributed by atoms with Gasteiger partial charge in [-0.3, -0.25) is 9.59 Å². The van der Waals surface area contributed by atoms with Gasteiger partial charge in [-0.05, 0) is 36.8 Å². The van der Waals surface area contributed by atoms with Crippen LogP contribution in [0.4, 0.5) is 11.4 Å². The van der Waals surface area contributed by atoms with Crippen molar-refractivity contribution in [3.8, 4) is 0 Å². The summed E-state index contributed by atoms with van der Waals surface area (Å²) in [5.41, 5.74) is 2.30. The van der Waals surface area contributed by atoms with Crippen molar-refractivity contribution in [2.24, 2.45) is 0 Å². The lowest BCUT2D eigenvalue weighted by atomic mass is 10.2. The van der Waals surface area contributed by atoms with E-state index in [1.807, 2.05) is 31.2 Å². The molecule has 2 aromatic carbocycles. The summed E-state index contributed by atoms with van der Waals surface area (Å²) in [4.78, 5) is 25.4. The quantitative estimate of drug-likeness (QED) is 0.847. The lowest BCUT2D eigenvalue weighted by Gasteiger charge is -2.16. The van der Waals surface area contributed by atoms with Crippen LogP contribution in [0.2, 0.25) is 0 Å². The van der Waals surface area contributed by atoms with Gasteiger partial charge in [0.15, 0.2) is 0 Å². The molecule has 5 heteroatoms. The molecule has 0 unspecified atom stereocenters. The van der Waals surface area contributed by atoms with Crippen LogP contribution in [0.15, 0.2) is 53.0 Å². The Labute approximate surface area is 131 Å². The summed E-state index contributed by atoms with van der Waals surface area (Å²) >= 11 is 3.39. The average Bonchev–Trinajstić information content (AvgIpc) is 2.50. The summed E-state index contributed by atoms with van der Waals surface area (Å²) in [7, 11) is 1.57. The molecule has 2 aromatic rings. The van der Waals surface area contributed by atoms with Crippen molar-refractivity contribution in [1.29, 1.82) is 0 Å². The summed E-state index contributed by atoms with van der Waals surface area (Å²) in [6.07, 6.45) is 0. The van der Waals surface area contributed by atoms with Gasteiger partial charge in [0.05, 0.1) is 0 Å². The number of likely N-dealkylation sites (N-methyl/N-ethyl adjacent to an activating group) is 1. The van der Waals surface area contributed by atoms with E-state index in [1.165, 1.54) is 4.90 Å². The van der Waals surface area contributed by atoms with Crippen LogP contribution >= 0.6 is 15.9 Å². The fraction of sp³-hybridized carbons (Fsp3) is 0.125. The lowest BCUT2D eigenvalue weighted by molar-refractivity contribution is -0.134. The second kappa shape index (κ2) is 6.54. The Kier molecular flexibility index (Phi) is 4.75. The Morgan fingerprint density at radius 1 is 1.10 bits per heavy atom. The fourth-order valence-electron chi connectivity index (χ4n) is 1.78. The maximum atomic E-state index is 12.1. The molecule has 0 fully saturated rings. The van der Waals surface area contributed by atoms with Crippen LogP contribution in [-0.2, 0) is 9.59 Å². The monoisotopic (exact) mass is 346 g/mol. The fourth-order valence-corrected chi connectivity index (χ4v) is 2.16. The van der Waals surface area contributed by atoms with Crippen molar-refractivity contribution < 1.29 is 9.59 Å². The van der Waals surface area contributed by atoms with E-state index in [2.05, 4.69) is 21.2 Å². The molecule has 0 aliphatic carbocycles. The summed E-state index contributed by atoms with van der Waals surface area (Å²) in [5, 5.41) is 2.60. The van der Waals surface area contributed by atoms with Gasteiger partial charge in [-0.15, -0.1) is 0 Å². The van der Waals surface area contributed by atoms with Crippen LogP contribution in [-0.4, -0.2) is 18.9 Å². The first-order chi connectivity index (χ1) is 9.99.